The third-order valence-corrected chi connectivity index (χ3v) is 3.97. The van der Waals surface area contributed by atoms with Crippen LogP contribution in [-0.4, -0.2) is 28.1 Å². The maximum atomic E-state index is 11.4. The lowest BCUT2D eigenvalue weighted by Crippen LogP contribution is -2.19. The van der Waals surface area contributed by atoms with Gasteiger partial charge in [0.1, 0.15) is 0 Å². The number of aryl methyl sites for hydroxylation is 1. The molecule has 0 aliphatic carbocycles. The van der Waals surface area contributed by atoms with E-state index in [0.717, 1.165) is 22.4 Å². The van der Waals surface area contributed by atoms with Gasteiger partial charge in [-0.1, -0.05) is 42.5 Å². The van der Waals surface area contributed by atoms with Crippen LogP contribution in [0.2, 0.25) is 0 Å². The second-order valence-electron chi connectivity index (χ2n) is 5.90. The molecule has 0 fully saturated rings. The Labute approximate surface area is 146 Å². The van der Waals surface area contributed by atoms with E-state index < -0.39 is 5.97 Å². The van der Waals surface area contributed by atoms with Crippen LogP contribution in [0.5, 0.6) is 0 Å². The van der Waals surface area contributed by atoms with E-state index in [2.05, 4.69) is 9.97 Å². The average Bonchev–Trinajstić information content (AvgIpc) is 2.62. The summed E-state index contributed by atoms with van der Waals surface area (Å²) in [5, 5.41) is 9.33. The van der Waals surface area contributed by atoms with Crippen molar-refractivity contribution in [1.82, 2.24) is 9.97 Å². The molecular weight excluding hydrogens is 314 g/mol. The minimum absolute atomic E-state index is 0.306. The molecule has 0 radical (unpaired) electrons. The van der Waals surface area contributed by atoms with Gasteiger partial charge in [0.25, 0.3) is 0 Å². The summed E-state index contributed by atoms with van der Waals surface area (Å²) < 4.78 is 0. The molecule has 0 aliphatic rings. The lowest BCUT2D eigenvalue weighted by atomic mass is 9.99. The Balaban J connectivity index is 1.80. The molecule has 3 rings (SSSR count). The number of anilines is 1. The number of carboxylic acid groups (broad SMARTS) is 1. The minimum Gasteiger partial charge on any atom is -0.478 e. The van der Waals surface area contributed by atoms with Gasteiger partial charge in [-0.05, 0) is 35.7 Å². The average molecular weight is 333 g/mol. The Kier molecular flexibility index (Phi) is 4.75. The Morgan fingerprint density at radius 2 is 1.80 bits per heavy atom. The molecule has 0 aliphatic heterocycles. The predicted octanol–water partition coefficient (Wildman–Crippen LogP) is 3.79. The zero-order valence-corrected chi connectivity index (χ0v) is 14.2. The van der Waals surface area contributed by atoms with Crippen LogP contribution in [0.15, 0.2) is 60.8 Å². The Hall–Kier alpha value is -3.21. The van der Waals surface area contributed by atoms with Gasteiger partial charge in [-0.2, -0.15) is 0 Å². The molecule has 0 bridgehead atoms. The molecule has 1 heterocycles. The monoisotopic (exact) mass is 333 g/mol. The summed E-state index contributed by atoms with van der Waals surface area (Å²) >= 11 is 0. The normalized spacial score (nSPS) is 10.5. The molecule has 0 amide bonds. The number of hydrogen-bond donors (Lipinski definition) is 1. The van der Waals surface area contributed by atoms with Crippen LogP contribution < -0.4 is 4.90 Å². The van der Waals surface area contributed by atoms with Crippen LogP contribution in [0.3, 0.4) is 0 Å². The molecule has 5 heteroatoms. The summed E-state index contributed by atoms with van der Waals surface area (Å²) in [6.45, 7) is 2.61. The van der Waals surface area contributed by atoms with Crippen molar-refractivity contribution in [2.24, 2.45) is 0 Å². The first-order valence-electron chi connectivity index (χ1n) is 7.97. The highest BCUT2D eigenvalue weighted by atomic mass is 16.4. The van der Waals surface area contributed by atoms with E-state index in [-0.39, 0.29) is 0 Å². The molecule has 126 valence electrons. The van der Waals surface area contributed by atoms with Gasteiger partial charge in [-0.15, -0.1) is 0 Å². The van der Waals surface area contributed by atoms with E-state index in [0.29, 0.717) is 18.1 Å². The highest BCUT2D eigenvalue weighted by Gasteiger charge is 2.11. The van der Waals surface area contributed by atoms with Crippen molar-refractivity contribution in [1.29, 1.82) is 0 Å². The molecule has 0 spiro atoms. The second-order valence-corrected chi connectivity index (χ2v) is 5.90. The van der Waals surface area contributed by atoms with Crippen LogP contribution in [0.25, 0.3) is 11.1 Å². The quantitative estimate of drug-likeness (QED) is 0.769. The molecule has 0 unspecified atom stereocenters. The van der Waals surface area contributed by atoms with E-state index >= 15 is 0 Å². The Bertz CT molecular complexity index is 891. The van der Waals surface area contributed by atoms with Crippen molar-refractivity contribution >= 4 is 11.9 Å². The fraction of sp³-hybridized carbons (Fsp3) is 0.150. The van der Waals surface area contributed by atoms with Crippen molar-refractivity contribution in [3.8, 4) is 11.1 Å². The molecule has 0 atom stereocenters. The van der Waals surface area contributed by atoms with Crippen molar-refractivity contribution in [2.45, 2.75) is 13.5 Å². The maximum Gasteiger partial charge on any atom is 0.336 e. The summed E-state index contributed by atoms with van der Waals surface area (Å²) in [4.78, 5) is 22.0. The molecule has 25 heavy (non-hydrogen) atoms. The smallest absolute Gasteiger partial charge is 0.336 e. The topological polar surface area (TPSA) is 66.3 Å². The lowest BCUT2D eigenvalue weighted by Gasteiger charge is -2.17. The second kappa shape index (κ2) is 7.13. The number of rotatable bonds is 5. The molecule has 0 saturated heterocycles. The summed E-state index contributed by atoms with van der Waals surface area (Å²) in [5.74, 6) is -0.240. The van der Waals surface area contributed by atoms with Crippen LogP contribution >= 0.6 is 0 Å². The van der Waals surface area contributed by atoms with Gasteiger partial charge in [-0.25, -0.2) is 14.8 Å². The summed E-state index contributed by atoms with van der Waals surface area (Å²) in [6.07, 6.45) is 1.75. The molecule has 0 saturated carbocycles. The molecule has 5 nitrogen and oxygen atoms in total. The van der Waals surface area contributed by atoms with Gasteiger partial charge in [0.15, 0.2) is 0 Å². The highest BCUT2D eigenvalue weighted by molar-refractivity contribution is 5.95. The van der Waals surface area contributed by atoms with Crippen molar-refractivity contribution in [3.05, 3.63) is 77.6 Å². The fourth-order valence-corrected chi connectivity index (χ4v) is 2.68. The third kappa shape index (κ3) is 3.83. The lowest BCUT2D eigenvalue weighted by molar-refractivity contribution is 0.0697. The molecular formula is C20H19N3O2. The van der Waals surface area contributed by atoms with E-state index in [4.69, 9.17) is 0 Å². The Morgan fingerprint density at radius 3 is 2.48 bits per heavy atom. The number of nitrogens with zero attached hydrogens (tertiary/aromatic N) is 3. The molecule has 1 aromatic heterocycles. The van der Waals surface area contributed by atoms with Crippen molar-refractivity contribution in [2.75, 3.05) is 11.9 Å². The van der Waals surface area contributed by atoms with Gasteiger partial charge in [0, 0.05) is 25.5 Å². The van der Waals surface area contributed by atoms with Crippen LogP contribution in [-0.2, 0) is 6.54 Å². The first kappa shape index (κ1) is 16.6. The standard InChI is InChI=1S/C20H19N3O2/c1-14-11-12-21-20(22-14)23(2)13-15-7-9-16(10-8-15)17-5-3-4-6-18(17)19(24)25/h3-12H,13H2,1-2H3,(H,24,25). The minimum atomic E-state index is -0.920. The van der Waals surface area contributed by atoms with E-state index in [1.54, 1.807) is 18.3 Å². The van der Waals surface area contributed by atoms with E-state index in [1.807, 2.05) is 61.3 Å². The highest BCUT2D eigenvalue weighted by Crippen LogP contribution is 2.24. The number of hydrogen-bond acceptors (Lipinski definition) is 4. The zero-order chi connectivity index (χ0) is 17.8. The van der Waals surface area contributed by atoms with E-state index in [1.165, 1.54) is 0 Å². The fourth-order valence-electron chi connectivity index (χ4n) is 2.68. The molecule has 1 N–H and O–H groups in total. The number of aromatic carboxylic acids is 1. The van der Waals surface area contributed by atoms with Gasteiger partial charge >= 0.3 is 5.97 Å². The van der Waals surface area contributed by atoms with Crippen LogP contribution in [0, 0.1) is 6.92 Å². The summed E-state index contributed by atoms with van der Waals surface area (Å²) in [6, 6.07) is 16.8. The number of carboxylic acids is 1. The van der Waals surface area contributed by atoms with Crippen molar-refractivity contribution in [3.63, 3.8) is 0 Å². The van der Waals surface area contributed by atoms with Gasteiger partial charge in [0.2, 0.25) is 5.95 Å². The summed E-state index contributed by atoms with van der Waals surface area (Å²) in [5.41, 5.74) is 3.94. The Morgan fingerprint density at radius 1 is 1.08 bits per heavy atom. The maximum absolute atomic E-state index is 11.4. The number of carbonyl (C=O) groups is 1. The first-order chi connectivity index (χ1) is 12.0. The van der Waals surface area contributed by atoms with Crippen LogP contribution in [0.4, 0.5) is 5.95 Å². The van der Waals surface area contributed by atoms with Gasteiger partial charge in [0.05, 0.1) is 5.56 Å². The first-order valence-corrected chi connectivity index (χ1v) is 7.97. The van der Waals surface area contributed by atoms with Crippen molar-refractivity contribution < 1.29 is 9.90 Å². The predicted molar refractivity (Wildman–Crippen MR) is 97.7 cm³/mol. The molecule has 2 aromatic carbocycles. The van der Waals surface area contributed by atoms with Gasteiger partial charge in [-0.3, -0.25) is 0 Å². The zero-order valence-electron chi connectivity index (χ0n) is 14.2. The SMILES string of the molecule is Cc1ccnc(N(C)Cc2ccc(-c3ccccc3C(=O)O)cc2)n1. The summed E-state index contributed by atoms with van der Waals surface area (Å²) in [7, 11) is 1.95. The largest absolute Gasteiger partial charge is 0.478 e. The van der Waals surface area contributed by atoms with E-state index in [9.17, 15) is 9.90 Å². The third-order valence-electron chi connectivity index (χ3n) is 3.97. The number of aromatic nitrogens is 2. The van der Waals surface area contributed by atoms with Crippen LogP contribution in [0.1, 0.15) is 21.6 Å². The molecule has 3 aromatic rings. The van der Waals surface area contributed by atoms with Gasteiger partial charge < -0.3 is 10.0 Å². The number of benzene rings is 2.